The molecule has 0 saturated heterocycles. The van der Waals surface area contributed by atoms with Gasteiger partial charge in [-0.15, -0.1) is 0 Å². The van der Waals surface area contributed by atoms with E-state index in [1.165, 1.54) is 31.2 Å². The van der Waals surface area contributed by atoms with Gasteiger partial charge in [0.2, 0.25) is 0 Å². The molecule has 0 aromatic heterocycles. The van der Waals surface area contributed by atoms with E-state index in [1.54, 1.807) is 0 Å². The van der Waals surface area contributed by atoms with E-state index in [9.17, 15) is 0 Å². The monoisotopic (exact) mass is 266 g/mol. The molecule has 0 bridgehead atoms. The molecule has 1 aromatic carbocycles. The van der Waals surface area contributed by atoms with Gasteiger partial charge in [-0.25, -0.2) is 0 Å². The summed E-state index contributed by atoms with van der Waals surface area (Å²) in [6.45, 7) is 2.31. The number of fused-ring (bicyclic) bond motifs is 1. The summed E-state index contributed by atoms with van der Waals surface area (Å²) >= 11 is 3.52. The maximum absolute atomic E-state index is 6.16. The Labute approximate surface area is 99.0 Å². The Kier molecular flexibility index (Phi) is 2.10. The van der Waals surface area contributed by atoms with E-state index in [4.69, 9.17) is 4.74 Å². The van der Waals surface area contributed by atoms with Crippen molar-refractivity contribution in [2.75, 3.05) is 0 Å². The second-order valence-electron chi connectivity index (χ2n) is 4.93. The molecule has 0 radical (unpaired) electrons. The fraction of sp³-hybridized carbons (Fsp3) is 0.538. The first kappa shape index (κ1) is 9.71. The standard InChI is InChI=1S/C13H15BrO/c1-9-8-13(5-2-6-13)15-12-4-3-10(14)7-11(9)12/h3-4,7,9H,2,5-6,8H2,1H3. The van der Waals surface area contributed by atoms with Gasteiger partial charge in [0.05, 0.1) is 0 Å². The van der Waals surface area contributed by atoms with Crippen molar-refractivity contribution in [1.82, 2.24) is 0 Å². The van der Waals surface area contributed by atoms with Crippen LogP contribution in [-0.4, -0.2) is 5.60 Å². The second kappa shape index (κ2) is 3.24. The molecular formula is C13H15BrO. The van der Waals surface area contributed by atoms with Crippen molar-refractivity contribution >= 4 is 15.9 Å². The molecule has 15 heavy (non-hydrogen) atoms. The van der Waals surface area contributed by atoms with E-state index < -0.39 is 0 Å². The molecule has 1 aliphatic heterocycles. The first-order chi connectivity index (χ1) is 7.19. The summed E-state index contributed by atoms with van der Waals surface area (Å²) in [5.74, 6) is 1.74. The van der Waals surface area contributed by atoms with Crippen LogP contribution in [-0.2, 0) is 0 Å². The minimum Gasteiger partial charge on any atom is -0.487 e. The molecule has 1 atom stereocenters. The summed E-state index contributed by atoms with van der Waals surface area (Å²) in [6.07, 6.45) is 5.01. The van der Waals surface area contributed by atoms with Crippen molar-refractivity contribution in [2.45, 2.75) is 44.1 Å². The van der Waals surface area contributed by atoms with E-state index in [2.05, 4.69) is 41.1 Å². The van der Waals surface area contributed by atoms with Crippen LogP contribution in [0.2, 0.25) is 0 Å². The quantitative estimate of drug-likeness (QED) is 0.682. The van der Waals surface area contributed by atoms with Crippen LogP contribution in [0.25, 0.3) is 0 Å². The molecule has 0 amide bonds. The summed E-state index contributed by atoms with van der Waals surface area (Å²) in [5, 5.41) is 0. The van der Waals surface area contributed by atoms with Crippen LogP contribution in [0.15, 0.2) is 22.7 Å². The highest BCUT2D eigenvalue weighted by Crippen LogP contribution is 2.49. The Morgan fingerprint density at radius 3 is 2.87 bits per heavy atom. The van der Waals surface area contributed by atoms with E-state index >= 15 is 0 Å². The van der Waals surface area contributed by atoms with Crippen LogP contribution < -0.4 is 4.74 Å². The van der Waals surface area contributed by atoms with Crippen molar-refractivity contribution in [3.05, 3.63) is 28.2 Å². The average Bonchev–Trinajstić information content (AvgIpc) is 2.16. The molecule has 80 valence electrons. The fourth-order valence-corrected chi connectivity index (χ4v) is 3.20. The lowest BCUT2D eigenvalue weighted by atomic mass is 9.71. The zero-order chi connectivity index (χ0) is 10.5. The number of hydrogen-bond acceptors (Lipinski definition) is 1. The molecule has 2 heteroatoms. The van der Waals surface area contributed by atoms with Crippen LogP contribution in [0, 0.1) is 0 Å². The number of benzene rings is 1. The van der Waals surface area contributed by atoms with Gasteiger partial charge in [-0.3, -0.25) is 0 Å². The van der Waals surface area contributed by atoms with Crippen LogP contribution in [0.4, 0.5) is 0 Å². The lowest BCUT2D eigenvalue weighted by Crippen LogP contribution is -2.46. The van der Waals surface area contributed by atoms with Gasteiger partial charge in [-0.1, -0.05) is 22.9 Å². The Morgan fingerprint density at radius 1 is 1.40 bits per heavy atom. The first-order valence-corrected chi connectivity index (χ1v) is 6.46. The molecule has 1 saturated carbocycles. The fourth-order valence-electron chi connectivity index (χ4n) is 2.82. The van der Waals surface area contributed by atoms with Gasteiger partial charge in [0, 0.05) is 4.47 Å². The molecule has 0 N–H and O–H groups in total. The molecule has 1 aromatic rings. The van der Waals surface area contributed by atoms with E-state index in [0.29, 0.717) is 5.92 Å². The number of rotatable bonds is 0. The minimum absolute atomic E-state index is 0.195. The molecule has 1 spiro atoms. The van der Waals surface area contributed by atoms with Crippen molar-refractivity contribution in [3.63, 3.8) is 0 Å². The third-order valence-electron chi connectivity index (χ3n) is 3.77. The van der Waals surface area contributed by atoms with Crippen molar-refractivity contribution < 1.29 is 4.74 Å². The summed E-state index contributed by atoms with van der Waals surface area (Å²) in [4.78, 5) is 0. The number of halogens is 1. The Hall–Kier alpha value is -0.500. The lowest BCUT2D eigenvalue weighted by molar-refractivity contribution is -0.0318. The van der Waals surface area contributed by atoms with Crippen LogP contribution in [0.5, 0.6) is 5.75 Å². The van der Waals surface area contributed by atoms with E-state index in [0.717, 1.165) is 10.2 Å². The van der Waals surface area contributed by atoms with E-state index in [-0.39, 0.29) is 5.60 Å². The Balaban J connectivity index is 2.01. The molecule has 1 nitrogen and oxygen atoms in total. The van der Waals surface area contributed by atoms with Crippen LogP contribution in [0.1, 0.15) is 44.1 Å². The number of ether oxygens (including phenoxy) is 1. The van der Waals surface area contributed by atoms with Gasteiger partial charge in [0.1, 0.15) is 11.4 Å². The molecular weight excluding hydrogens is 252 g/mol. The SMILES string of the molecule is CC1CC2(CCC2)Oc2ccc(Br)cc21. The zero-order valence-electron chi connectivity index (χ0n) is 8.92. The van der Waals surface area contributed by atoms with Crippen molar-refractivity contribution in [2.24, 2.45) is 0 Å². The summed E-state index contributed by atoms with van der Waals surface area (Å²) in [7, 11) is 0. The van der Waals surface area contributed by atoms with E-state index in [1.807, 2.05) is 0 Å². The molecule has 1 fully saturated rings. The predicted molar refractivity (Wildman–Crippen MR) is 64.4 cm³/mol. The van der Waals surface area contributed by atoms with Crippen molar-refractivity contribution in [3.8, 4) is 5.75 Å². The van der Waals surface area contributed by atoms with Crippen LogP contribution in [0.3, 0.4) is 0 Å². The summed E-state index contributed by atoms with van der Waals surface area (Å²) in [5.41, 5.74) is 1.56. The molecule has 1 heterocycles. The van der Waals surface area contributed by atoms with Gasteiger partial charge in [-0.2, -0.15) is 0 Å². The van der Waals surface area contributed by atoms with Gasteiger partial charge >= 0.3 is 0 Å². The predicted octanol–water partition coefficient (Wildman–Crippen LogP) is 4.26. The number of hydrogen-bond donors (Lipinski definition) is 0. The molecule has 1 aliphatic carbocycles. The normalized spacial score (nSPS) is 26.7. The minimum atomic E-state index is 0.195. The molecule has 2 aliphatic rings. The highest BCUT2D eigenvalue weighted by Gasteiger charge is 2.44. The van der Waals surface area contributed by atoms with Gasteiger partial charge in [0.25, 0.3) is 0 Å². The Bertz CT molecular complexity index is 396. The third-order valence-corrected chi connectivity index (χ3v) is 4.27. The first-order valence-electron chi connectivity index (χ1n) is 5.67. The topological polar surface area (TPSA) is 9.23 Å². The summed E-state index contributed by atoms with van der Waals surface area (Å²) < 4.78 is 7.31. The summed E-state index contributed by atoms with van der Waals surface area (Å²) in [6, 6.07) is 6.38. The van der Waals surface area contributed by atoms with Crippen molar-refractivity contribution in [1.29, 1.82) is 0 Å². The van der Waals surface area contributed by atoms with Gasteiger partial charge < -0.3 is 4.74 Å². The molecule has 1 unspecified atom stereocenters. The largest absolute Gasteiger partial charge is 0.487 e. The maximum Gasteiger partial charge on any atom is 0.123 e. The average molecular weight is 267 g/mol. The third kappa shape index (κ3) is 1.50. The second-order valence-corrected chi connectivity index (χ2v) is 5.84. The van der Waals surface area contributed by atoms with Gasteiger partial charge in [-0.05, 0) is 55.4 Å². The maximum atomic E-state index is 6.16. The zero-order valence-corrected chi connectivity index (χ0v) is 10.5. The Morgan fingerprint density at radius 2 is 2.20 bits per heavy atom. The highest BCUT2D eigenvalue weighted by molar-refractivity contribution is 9.10. The molecule has 3 rings (SSSR count). The van der Waals surface area contributed by atoms with Crippen LogP contribution >= 0.6 is 15.9 Å². The lowest BCUT2D eigenvalue weighted by Gasteiger charge is -2.47. The highest BCUT2D eigenvalue weighted by atomic mass is 79.9. The van der Waals surface area contributed by atoms with Gasteiger partial charge in [0.15, 0.2) is 0 Å². The smallest absolute Gasteiger partial charge is 0.123 e.